The lowest BCUT2D eigenvalue weighted by Gasteiger charge is -2.14. The van der Waals surface area contributed by atoms with Gasteiger partial charge in [-0.1, -0.05) is 30.3 Å². The van der Waals surface area contributed by atoms with Crippen molar-refractivity contribution in [2.24, 2.45) is 4.99 Å². The molecule has 0 saturated heterocycles. The summed E-state index contributed by atoms with van der Waals surface area (Å²) in [5.41, 5.74) is 1.65. The number of aryl methyl sites for hydroxylation is 1. The van der Waals surface area contributed by atoms with Crippen LogP contribution in [0, 0.1) is 22.9 Å². The molecule has 0 aliphatic carbocycles. The number of nitrogens with zero attached hydrogens (tertiary/aromatic N) is 2. The van der Waals surface area contributed by atoms with E-state index >= 15 is 0 Å². The number of para-hydroxylation sites is 1. The highest BCUT2D eigenvalue weighted by molar-refractivity contribution is 6.13. The van der Waals surface area contributed by atoms with Crippen LogP contribution in [-0.2, 0) is 16.1 Å². The van der Waals surface area contributed by atoms with Crippen molar-refractivity contribution in [3.05, 3.63) is 105 Å². The molecule has 0 amide bonds. The lowest BCUT2D eigenvalue weighted by atomic mass is 10.1. The number of aliphatic imine (C=N–C) groups is 1. The molecule has 0 aromatic heterocycles. The monoisotopic (exact) mass is 462 g/mol. The molecule has 0 fully saturated rings. The zero-order valence-corrected chi connectivity index (χ0v) is 18.3. The molecule has 0 atom stereocenters. The Balaban J connectivity index is 1.66. The van der Waals surface area contributed by atoms with Crippen molar-refractivity contribution in [2.45, 2.75) is 13.5 Å². The molecule has 1 aliphatic heterocycles. The molecule has 3 aromatic rings. The van der Waals surface area contributed by atoms with Crippen LogP contribution in [-0.4, -0.2) is 23.9 Å². The van der Waals surface area contributed by atoms with Crippen LogP contribution in [0.1, 0.15) is 22.3 Å². The van der Waals surface area contributed by atoms with Crippen molar-refractivity contribution < 1.29 is 28.3 Å². The Kier molecular flexibility index (Phi) is 6.35. The van der Waals surface area contributed by atoms with Crippen LogP contribution in [0.25, 0.3) is 6.08 Å². The lowest BCUT2D eigenvalue weighted by molar-refractivity contribution is -0.385. The summed E-state index contributed by atoms with van der Waals surface area (Å²) >= 11 is 0. The number of ether oxygens (including phenoxy) is 3. The molecule has 4 rings (SSSR count). The summed E-state index contributed by atoms with van der Waals surface area (Å²) in [5.74, 6) is -0.347. The van der Waals surface area contributed by atoms with E-state index in [1.54, 1.807) is 43.3 Å². The Bertz CT molecular complexity index is 1350. The summed E-state index contributed by atoms with van der Waals surface area (Å²) in [6.45, 7) is 1.54. The molecule has 0 spiro atoms. The highest BCUT2D eigenvalue weighted by Gasteiger charge is 2.26. The predicted molar refractivity (Wildman–Crippen MR) is 122 cm³/mol. The first-order valence-corrected chi connectivity index (χ1v) is 10.2. The van der Waals surface area contributed by atoms with E-state index in [0.717, 1.165) is 0 Å². The van der Waals surface area contributed by atoms with E-state index in [9.17, 15) is 19.3 Å². The van der Waals surface area contributed by atoms with Gasteiger partial charge in [0.15, 0.2) is 17.2 Å². The number of cyclic esters (lactones) is 1. The van der Waals surface area contributed by atoms with Crippen molar-refractivity contribution in [3.63, 3.8) is 0 Å². The van der Waals surface area contributed by atoms with E-state index in [1.165, 1.54) is 37.5 Å². The number of benzene rings is 3. The molecule has 0 N–H and O–H groups in total. The first-order chi connectivity index (χ1) is 16.4. The largest absolute Gasteiger partial charge is 0.493 e. The van der Waals surface area contributed by atoms with Crippen LogP contribution in [0.2, 0.25) is 0 Å². The average Bonchev–Trinajstić information content (AvgIpc) is 3.18. The fourth-order valence-corrected chi connectivity index (χ4v) is 3.40. The molecule has 34 heavy (non-hydrogen) atoms. The van der Waals surface area contributed by atoms with E-state index in [-0.39, 0.29) is 23.9 Å². The standard InChI is InChI=1S/C25H19FN2O6/c1-15-12-17(10-11-21(15)28(30)31)24-27-20(25(29)34-24)13-16-7-5-9-22(32-2)23(16)33-14-18-6-3-4-8-19(18)26/h3-13H,14H2,1-2H3/b20-13-. The van der Waals surface area contributed by atoms with Gasteiger partial charge in [-0.05, 0) is 37.3 Å². The molecule has 8 nitrogen and oxygen atoms in total. The minimum atomic E-state index is -0.686. The third kappa shape index (κ3) is 4.63. The third-order valence-corrected chi connectivity index (χ3v) is 5.11. The third-order valence-electron chi connectivity index (χ3n) is 5.11. The van der Waals surface area contributed by atoms with Crippen molar-refractivity contribution in [3.8, 4) is 11.5 Å². The van der Waals surface area contributed by atoms with Crippen LogP contribution in [0.3, 0.4) is 0 Å². The first kappa shape index (κ1) is 22.7. The Labute approximate surface area is 194 Å². The number of nitro groups is 1. The summed E-state index contributed by atoms with van der Waals surface area (Å²) in [7, 11) is 1.47. The molecule has 1 heterocycles. The Morgan fingerprint density at radius 3 is 2.65 bits per heavy atom. The van der Waals surface area contributed by atoms with Crippen LogP contribution in [0.15, 0.2) is 71.4 Å². The summed E-state index contributed by atoms with van der Waals surface area (Å²) in [6, 6.07) is 15.7. The maximum Gasteiger partial charge on any atom is 0.363 e. The van der Waals surface area contributed by atoms with Gasteiger partial charge in [0.1, 0.15) is 12.4 Å². The molecular formula is C25H19FN2O6. The summed E-state index contributed by atoms with van der Waals surface area (Å²) in [4.78, 5) is 27.3. The van der Waals surface area contributed by atoms with Crippen molar-refractivity contribution >= 4 is 23.6 Å². The van der Waals surface area contributed by atoms with Gasteiger partial charge in [-0.15, -0.1) is 0 Å². The minimum Gasteiger partial charge on any atom is -0.493 e. The van der Waals surface area contributed by atoms with Gasteiger partial charge in [-0.3, -0.25) is 10.1 Å². The molecule has 9 heteroatoms. The number of esters is 1. The van der Waals surface area contributed by atoms with Crippen LogP contribution < -0.4 is 9.47 Å². The fourth-order valence-electron chi connectivity index (χ4n) is 3.40. The normalized spacial score (nSPS) is 14.0. The summed E-state index contributed by atoms with van der Waals surface area (Å²) in [5, 5.41) is 11.0. The molecule has 0 unspecified atom stereocenters. The highest BCUT2D eigenvalue weighted by Crippen LogP contribution is 2.34. The molecule has 3 aromatic carbocycles. The van der Waals surface area contributed by atoms with Gasteiger partial charge in [0.2, 0.25) is 5.90 Å². The number of hydrogen-bond acceptors (Lipinski definition) is 7. The van der Waals surface area contributed by atoms with Crippen LogP contribution in [0.4, 0.5) is 10.1 Å². The summed E-state index contributed by atoms with van der Waals surface area (Å²) < 4.78 is 30.5. The average molecular weight is 462 g/mol. The second-order valence-electron chi connectivity index (χ2n) is 7.35. The maximum absolute atomic E-state index is 14.0. The first-order valence-electron chi connectivity index (χ1n) is 10.2. The molecule has 0 radical (unpaired) electrons. The smallest absolute Gasteiger partial charge is 0.363 e. The second-order valence-corrected chi connectivity index (χ2v) is 7.35. The molecule has 172 valence electrons. The van der Waals surface area contributed by atoms with E-state index in [2.05, 4.69) is 4.99 Å². The van der Waals surface area contributed by atoms with Crippen LogP contribution >= 0.6 is 0 Å². The SMILES string of the molecule is COc1cccc(/C=C2\N=C(c3ccc([N+](=O)[O-])c(C)c3)OC2=O)c1OCc1ccccc1F. The second kappa shape index (κ2) is 9.53. The van der Waals surface area contributed by atoms with Gasteiger partial charge in [-0.2, -0.15) is 0 Å². The summed E-state index contributed by atoms with van der Waals surface area (Å²) in [6.07, 6.45) is 1.48. The van der Waals surface area contributed by atoms with Gasteiger partial charge in [0.05, 0.1) is 12.0 Å². The quantitative estimate of drug-likeness (QED) is 0.213. The van der Waals surface area contributed by atoms with Gasteiger partial charge in [-0.25, -0.2) is 14.2 Å². The molecular weight excluding hydrogens is 443 g/mol. The lowest BCUT2D eigenvalue weighted by Crippen LogP contribution is -2.06. The zero-order chi connectivity index (χ0) is 24.2. The molecule has 1 aliphatic rings. The van der Waals surface area contributed by atoms with E-state index in [4.69, 9.17) is 14.2 Å². The highest BCUT2D eigenvalue weighted by atomic mass is 19.1. The Morgan fingerprint density at radius 2 is 1.94 bits per heavy atom. The number of hydrogen-bond donors (Lipinski definition) is 0. The number of carbonyl (C=O) groups excluding carboxylic acids is 1. The van der Waals surface area contributed by atoms with Gasteiger partial charge in [0, 0.05) is 28.3 Å². The Hall–Kier alpha value is -4.53. The van der Waals surface area contributed by atoms with Gasteiger partial charge >= 0.3 is 5.97 Å². The van der Waals surface area contributed by atoms with E-state index in [1.807, 2.05) is 0 Å². The fraction of sp³-hybridized carbons (Fsp3) is 0.120. The van der Waals surface area contributed by atoms with Crippen molar-refractivity contribution in [1.29, 1.82) is 0 Å². The van der Waals surface area contributed by atoms with Crippen molar-refractivity contribution in [1.82, 2.24) is 0 Å². The number of halogens is 1. The number of nitro benzene ring substituents is 1. The number of methoxy groups -OCH3 is 1. The van der Waals surface area contributed by atoms with E-state index in [0.29, 0.717) is 33.8 Å². The predicted octanol–water partition coefficient (Wildman–Crippen LogP) is 4.97. The number of carbonyl (C=O) groups is 1. The van der Waals surface area contributed by atoms with E-state index < -0.39 is 16.7 Å². The maximum atomic E-state index is 14.0. The molecule has 0 saturated carbocycles. The number of rotatable bonds is 7. The topological polar surface area (TPSA) is 100 Å². The zero-order valence-electron chi connectivity index (χ0n) is 18.3. The minimum absolute atomic E-state index is 0.00926. The molecule has 0 bridgehead atoms. The Morgan fingerprint density at radius 1 is 1.15 bits per heavy atom. The van der Waals surface area contributed by atoms with Crippen LogP contribution in [0.5, 0.6) is 11.5 Å². The van der Waals surface area contributed by atoms with Gasteiger partial charge < -0.3 is 14.2 Å². The van der Waals surface area contributed by atoms with Gasteiger partial charge in [0.25, 0.3) is 5.69 Å². The van der Waals surface area contributed by atoms with Crippen molar-refractivity contribution in [2.75, 3.05) is 7.11 Å².